The van der Waals surface area contributed by atoms with Crippen molar-refractivity contribution in [3.8, 4) is 0 Å². The maximum Gasteiger partial charge on any atom is 0.167 e. The third kappa shape index (κ3) is 2.37. The monoisotopic (exact) mass is 257 g/mol. The topological polar surface area (TPSA) is 64.1 Å². The third-order valence-corrected chi connectivity index (χ3v) is 3.16. The number of imidazole rings is 1. The van der Waals surface area contributed by atoms with Crippen LogP contribution in [0, 0.1) is 0 Å². The average molecular weight is 257 g/mol. The molecule has 0 aliphatic carbocycles. The van der Waals surface area contributed by atoms with Gasteiger partial charge in [-0.2, -0.15) is 0 Å². The van der Waals surface area contributed by atoms with Gasteiger partial charge in [-0.05, 0) is 25.0 Å². The van der Waals surface area contributed by atoms with Gasteiger partial charge in [0, 0.05) is 23.9 Å². The van der Waals surface area contributed by atoms with Gasteiger partial charge in [0.2, 0.25) is 0 Å². The van der Waals surface area contributed by atoms with Gasteiger partial charge in [-0.3, -0.25) is 0 Å². The van der Waals surface area contributed by atoms with Gasteiger partial charge in [-0.15, -0.1) is 0 Å². The highest BCUT2D eigenvalue weighted by Gasteiger charge is 2.10. The molecule has 1 N–H and O–H groups in total. The Balaban J connectivity index is 1.87. The van der Waals surface area contributed by atoms with Gasteiger partial charge in [0.05, 0.1) is 12.9 Å². The van der Waals surface area contributed by atoms with E-state index in [4.69, 9.17) is 9.63 Å². The van der Waals surface area contributed by atoms with Gasteiger partial charge in [-0.25, -0.2) is 4.98 Å². The molecular formula is C14H15N3O2. The molecule has 0 aliphatic rings. The van der Waals surface area contributed by atoms with Crippen molar-refractivity contribution in [1.82, 2.24) is 14.7 Å². The number of rotatable bonds is 5. The summed E-state index contributed by atoms with van der Waals surface area (Å²) in [6, 6.07) is 7.82. The summed E-state index contributed by atoms with van der Waals surface area (Å²) < 4.78 is 7.34. The number of aliphatic hydroxyl groups excluding tert-OH is 1. The molecule has 0 bridgehead atoms. The van der Waals surface area contributed by atoms with Crippen LogP contribution in [0.2, 0.25) is 0 Å². The zero-order valence-corrected chi connectivity index (χ0v) is 10.5. The van der Waals surface area contributed by atoms with Crippen LogP contribution in [-0.2, 0) is 13.0 Å². The summed E-state index contributed by atoms with van der Waals surface area (Å²) in [5, 5.41) is 14.0. The van der Waals surface area contributed by atoms with Crippen LogP contribution in [0.5, 0.6) is 0 Å². The van der Waals surface area contributed by atoms with Crippen LogP contribution in [0.3, 0.4) is 0 Å². The molecular weight excluding hydrogens is 242 g/mol. The Morgan fingerprint density at radius 1 is 1.26 bits per heavy atom. The van der Waals surface area contributed by atoms with Crippen LogP contribution in [0.1, 0.15) is 17.8 Å². The molecule has 2 aromatic heterocycles. The van der Waals surface area contributed by atoms with Crippen molar-refractivity contribution >= 4 is 11.0 Å². The van der Waals surface area contributed by atoms with Gasteiger partial charge >= 0.3 is 0 Å². The lowest BCUT2D eigenvalue weighted by Crippen LogP contribution is -2.04. The highest BCUT2D eigenvalue weighted by Crippen LogP contribution is 2.19. The van der Waals surface area contributed by atoms with Crippen LogP contribution >= 0.6 is 0 Å². The fourth-order valence-electron chi connectivity index (χ4n) is 2.17. The van der Waals surface area contributed by atoms with E-state index >= 15 is 0 Å². The number of hydrogen-bond donors (Lipinski definition) is 1. The zero-order chi connectivity index (χ0) is 13.1. The molecule has 5 nitrogen and oxygen atoms in total. The molecule has 3 aromatic rings. The second-order valence-corrected chi connectivity index (χ2v) is 4.47. The molecule has 0 aliphatic heterocycles. The Morgan fingerprint density at radius 3 is 3.05 bits per heavy atom. The molecule has 0 atom stereocenters. The number of fused-ring (bicyclic) bond motifs is 1. The molecule has 19 heavy (non-hydrogen) atoms. The maximum absolute atomic E-state index is 8.90. The van der Waals surface area contributed by atoms with Gasteiger partial charge in [0.1, 0.15) is 5.69 Å². The van der Waals surface area contributed by atoms with E-state index < -0.39 is 0 Å². The van der Waals surface area contributed by atoms with Gasteiger partial charge < -0.3 is 14.2 Å². The molecule has 0 saturated carbocycles. The smallest absolute Gasteiger partial charge is 0.167 e. The molecule has 98 valence electrons. The number of hydrogen-bond acceptors (Lipinski definition) is 4. The molecule has 0 saturated heterocycles. The molecule has 0 unspecified atom stereocenters. The minimum atomic E-state index is 0.193. The van der Waals surface area contributed by atoms with Gasteiger partial charge in [-0.1, -0.05) is 17.3 Å². The van der Waals surface area contributed by atoms with E-state index in [-0.39, 0.29) is 6.61 Å². The predicted octanol–water partition coefficient (Wildman–Crippen LogP) is 2.00. The summed E-state index contributed by atoms with van der Waals surface area (Å²) >= 11 is 0. The number of nitrogens with zero attached hydrogens (tertiary/aromatic N) is 3. The molecule has 5 heteroatoms. The van der Waals surface area contributed by atoms with Crippen molar-refractivity contribution in [2.45, 2.75) is 19.4 Å². The Hall–Kier alpha value is -2.14. The lowest BCUT2D eigenvalue weighted by Gasteiger charge is -2.05. The third-order valence-electron chi connectivity index (χ3n) is 3.16. The number of aromatic nitrogens is 3. The van der Waals surface area contributed by atoms with Crippen molar-refractivity contribution in [1.29, 1.82) is 0 Å². The van der Waals surface area contributed by atoms with Crippen LogP contribution in [0.15, 0.2) is 41.3 Å². The lowest BCUT2D eigenvalue weighted by molar-refractivity contribution is 0.287. The van der Waals surface area contributed by atoms with E-state index in [1.165, 1.54) is 0 Å². The molecule has 0 amide bonds. The number of para-hydroxylation sites is 1. The van der Waals surface area contributed by atoms with E-state index in [0.29, 0.717) is 6.54 Å². The summed E-state index contributed by atoms with van der Waals surface area (Å²) in [5.74, 6) is 0. The Morgan fingerprint density at radius 2 is 2.16 bits per heavy atom. The van der Waals surface area contributed by atoms with Crippen molar-refractivity contribution in [3.05, 3.63) is 48.2 Å². The van der Waals surface area contributed by atoms with Crippen molar-refractivity contribution in [2.24, 2.45) is 0 Å². The van der Waals surface area contributed by atoms with E-state index in [1.54, 1.807) is 6.33 Å². The van der Waals surface area contributed by atoms with Crippen molar-refractivity contribution < 1.29 is 9.63 Å². The van der Waals surface area contributed by atoms with E-state index in [9.17, 15) is 0 Å². The lowest BCUT2D eigenvalue weighted by atomic mass is 10.2. The largest absolute Gasteiger partial charge is 0.396 e. The first-order valence-electron chi connectivity index (χ1n) is 6.31. The number of benzene rings is 1. The minimum Gasteiger partial charge on any atom is -0.396 e. The minimum absolute atomic E-state index is 0.193. The number of aliphatic hydroxyl groups is 1. The summed E-state index contributed by atoms with van der Waals surface area (Å²) in [5.41, 5.74) is 2.80. The standard InChI is InChI=1S/C14H15N3O2/c18-7-3-4-11-8-15-10-17(11)9-13-12-5-1-2-6-14(12)19-16-13/h1-2,5-6,8,10,18H,3-4,7,9H2. The van der Waals surface area contributed by atoms with Crippen molar-refractivity contribution in [2.75, 3.05) is 6.61 Å². The Labute approximate surface area is 110 Å². The van der Waals surface area contributed by atoms with E-state index in [0.717, 1.165) is 35.2 Å². The van der Waals surface area contributed by atoms with Crippen LogP contribution < -0.4 is 0 Å². The maximum atomic E-state index is 8.90. The first-order valence-corrected chi connectivity index (χ1v) is 6.31. The Bertz CT molecular complexity index is 672. The summed E-state index contributed by atoms with van der Waals surface area (Å²) in [7, 11) is 0. The summed E-state index contributed by atoms with van der Waals surface area (Å²) in [6.07, 6.45) is 5.17. The molecule has 0 fully saturated rings. The second kappa shape index (κ2) is 5.24. The van der Waals surface area contributed by atoms with Crippen LogP contribution in [0.25, 0.3) is 11.0 Å². The van der Waals surface area contributed by atoms with Crippen LogP contribution in [-0.4, -0.2) is 26.4 Å². The van der Waals surface area contributed by atoms with Gasteiger partial charge in [0.15, 0.2) is 5.58 Å². The fourth-order valence-corrected chi connectivity index (χ4v) is 2.17. The van der Waals surface area contributed by atoms with Crippen LogP contribution in [0.4, 0.5) is 0 Å². The molecule has 2 heterocycles. The number of aryl methyl sites for hydroxylation is 1. The molecule has 0 spiro atoms. The van der Waals surface area contributed by atoms with E-state index in [2.05, 4.69) is 10.1 Å². The van der Waals surface area contributed by atoms with Gasteiger partial charge in [0.25, 0.3) is 0 Å². The zero-order valence-electron chi connectivity index (χ0n) is 10.5. The SMILES string of the molecule is OCCCc1cncn1Cc1noc2ccccc12. The molecule has 1 aromatic carbocycles. The summed E-state index contributed by atoms with van der Waals surface area (Å²) in [4.78, 5) is 4.16. The quantitative estimate of drug-likeness (QED) is 0.759. The predicted molar refractivity (Wildman–Crippen MR) is 70.7 cm³/mol. The highest BCUT2D eigenvalue weighted by molar-refractivity contribution is 5.79. The normalized spacial score (nSPS) is 11.2. The fraction of sp³-hybridized carbons (Fsp3) is 0.286. The van der Waals surface area contributed by atoms with E-state index in [1.807, 2.05) is 35.0 Å². The second-order valence-electron chi connectivity index (χ2n) is 4.47. The molecule has 3 rings (SSSR count). The first kappa shape index (κ1) is 11.9. The van der Waals surface area contributed by atoms with Crippen molar-refractivity contribution in [3.63, 3.8) is 0 Å². The average Bonchev–Trinajstić information content (AvgIpc) is 3.05. The Kier molecular flexibility index (Phi) is 3.29. The first-order chi connectivity index (χ1) is 9.38. The molecule has 0 radical (unpaired) electrons. The highest BCUT2D eigenvalue weighted by atomic mass is 16.5. The summed E-state index contributed by atoms with van der Waals surface area (Å²) in [6.45, 7) is 0.829.